The van der Waals surface area contributed by atoms with Gasteiger partial charge in [-0.15, -0.1) is 0 Å². The van der Waals surface area contributed by atoms with Crippen LogP contribution in [0.25, 0.3) is 11.3 Å². The molecule has 2 N–H and O–H groups in total. The number of carboxylic acids is 1. The van der Waals surface area contributed by atoms with Crippen molar-refractivity contribution in [3.05, 3.63) is 64.6 Å². The van der Waals surface area contributed by atoms with Gasteiger partial charge in [-0.25, -0.2) is 13.8 Å². The average Bonchev–Trinajstić information content (AvgIpc) is 3.28. The van der Waals surface area contributed by atoms with E-state index in [2.05, 4.69) is 15.0 Å². The summed E-state index contributed by atoms with van der Waals surface area (Å²) in [6.45, 7) is -0.735. The first-order chi connectivity index (χ1) is 18.1. The van der Waals surface area contributed by atoms with E-state index in [9.17, 15) is 27.6 Å². The fourth-order valence-electron chi connectivity index (χ4n) is 4.22. The van der Waals surface area contributed by atoms with Crippen molar-refractivity contribution in [1.82, 2.24) is 14.5 Å². The highest BCUT2D eigenvalue weighted by molar-refractivity contribution is 6.34. The molecule has 0 saturated carbocycles. The number of alkyl halides is 1. The molecule has 1 fully saturated rings. The van der Waals surface area contributed by atoms with Crippen LogP contribution in [0.15, 0.2) is 36.5 Å². The summed E-state index contributed by atoms with van der Waals surface area (Å²) in [5.74, 6) is -5.75. The molecule has 0 radical (unpaired) electrons. The van der Waals surface area contributed by atoms with Crippen LogP contribution in [0.3, 0.4) is 0 Å². The van der Waals surface area contributed by atoms with Crippen LogP contribution in [0.1, 0.15) is 33.8 Å². The van der Waals surface area contributed by atoms with Crippen molar-refractivity contribution in [3.63, 3.8) is 0 Å². The number of ether oxygens (including phenoxy) is 1. The lowest BCUT2D eigenvalue weighted by Gasteiger charge is -2.30. The Bertz CT molecular complexity index is 1410. The van der Waals surface area contributed by atoms with E-state index in [0.717, 1.165) is 6.07 Å². The third-order valence-electron chi connectivity index (χ3n) is 6.31. The molecule has 0 unspecified atom stereocenters. The monoisotopic (exact) mass is 550 g/mol. The fourth-order valence-corrected chi connectivity index (χ4v) is 4.49. The first-order valence-electron chi connectivity index (χ1n) is 11.4. The summed E-state index contributed by atoms with van der Waals surface area (Å²) >= 11 is 6.31. The van der Waals surface area contributed by atoms with Gasteiger partial charge in [0, 0.05) is 31.4 Å². The van der Waals surface area contributed by atoms with Crippen molar-refractivity contribution < 1.29 is 37.4 Å². The number of anilines is 1. The lowest BCUT2D eigenvalue weighted by Crippen LogP contribution is -2.40. The summed E-state index contributed by atoms with van der Waals surface area (Å²) in [5.41, 5.74) is 0.344. The number of amides is 2. The molecular formula is C25H22ClF3N4O5. The van der Waals surface area contributed by atoms with Gasteiger partial charge in [-0.2, -0.15) is 4.39 Å². The number of piperidine rings is 1. The second-order valence-corrected chi connectivity index (χ2v) is 8.98. The van der Waals surface area contributed by atoms with Gasteiger partial charge in [-0.1, -0.05) is 11.6 Å². The number of hydrogen-bond acceptors (Lipinski definition) is 5. The van der Waals surface area contributed by atoms with Crippen LogP contribution in [0.4, 0.5) is 18.9 Å². The first kappa shape index (κ1) is 27.0. The van der Waals surface area contributed by atoms with Crippen molar-refractivity contribution in [1.29, 1.82) is 0 Å². The molecule has 3 aromatic rings. The Morgan fingerprint density at radius 1 is 1.16 bits per heavy atom. The Morgan fingerprint density at radius 3 is 2.50 bits per heavy atom. The number of nitrogens with one attached hydrogen (secondary N) is 1. The molecule has 2 amide bonds. The number of aromatic nitrogens is 2. The number of carbonyl (C=O) groups is 3. The van der Waals surface area contributed by atoms with Crippen LogP contribution < -0.4 is 10.1 Å². The highest BCUT2D eigenvalue weighted by atomic mass is 35.5. The molecule has 0 bridgehead atoms. The van der Waals surface area contributed by atoms with Crippen molar-refractivity contribution in [2.24, 2.45) is 13.0 Å². The maximum absolute atomic E-state index is 14.6. The smallest absolute Gasteiger partial charge is 0.306 e. The Morgan fingerprint density at radius 2 is 1.87 bits per heavy atom. The van der Waals surface area contributed by atoms with Crippen molar-refractivity contribution in [2.75, 3.05) is 25.3 Å². The predicted molar refractivity (Wildman–Crippen MR) is 131 cm³/mol. The third kappa shape index (κ3) is 5.30. The summed E-state index contributed by atoms with van der Waals surface area (Å²) in [7, 11) is 1.43. The number of aliphatic carboxylic acids is 1. The molecule has 0 spiro atoms. The van der Waals surface area contributed by atoms with Gasteiger partial charge in [0.1, 0.15) is 0 Å². The number of carbonyl (C=O) groups excluding carboxylic acids is 2. The maximum atomic E-state index is 14.6. The van der Waals surface area contributed by atoms with Crippen LogP contribution in [0, 0.1) is 17.6 Å². The quantitative estimate of drug-likeness (QED) is 0.447. The molecule has 200 valence electrons. The van der Waals surface area contributed by atoms with E-state index in [1.165, 1.54) is 47.0 Å². The zero-order valence-corrected chi connectivity index (χ0v) is 20.8. The largest absolute Gasteiger partial charge is 0.481 e. The summed E-state index contributed by atoms with van der Waals surface area (Å²) in [6.07, 6.45) is 1.89. The summed E-state index contributed by atoms with van der Waals surface area (Å²) in [5, 5.41) is 11.8. The Hall–Kier alpha value is -4.06. The van der Waals surface area contributed by atoms with Crippen molar-refractivity contribution in [3.8, 4) is 17.0 Å². The topological polar surface area (TPSA) is 114 Å². The van der Waals surface area contributed by atoms with E-state index in [1.807, 2.05) is 0 Å². The minimum atomic E-state index is -1.37. The van der Waals surface area contributed by atoms with Gasteiger partial charge in [-0.3, -0.25) is 14.4 Å². The number of benzene rings is 2. The SMILES string of the molecule is Cn1c(-c2ccc(OCF)c(F)c2F)cnc1C(=O)Nc1ccc(C(=O)N2CCC(C(=O)O)CC2)c(Cl)c1. The van der Waals surface area contributed by atoms with Gasteiger partial charge in [-0.05, 0) is 43.2 Å². The predicted octanol–water partition coefficient (Wildman–Crippen LogP) is 4.51. The molecule has 4 rings (SSSR count). The van der Waals surface area contributed by atoms with E-state index in [1.54, 1.807) is 0 Å². The average molecular weight is 551 g/mol. The number of carboxylic acid groups (broad SMARTS) is 1. The van der Waals surface area contributed by atoms with Gasteiger partial charge >= 0.3 is 5.97 Å². The molecule has 2 heterocycles. The van der Waals surface area contributed by atoms with E-state index in [4.69, 9.17) is 16.7 Å². The molecule has 2 aromatic carbocycles. The molecular weight excluding hydrogens is 529 g/mol. The Kier molecular flexibility index (Phi) is 7.91. The number of rotatable bonds is 7. The van der Waals surface area contributed by atoms with Crippen LogP contribution in [-0.4, -0.2) is 57.3 Å². The van der Waals surface area contributed by atoms with Crippen LogP contribution >= 0.6 is 11.6 Å². The normalized spacial score (nSPS) is 13.9. The molecule has 1 aromatic heterocycles. The molecule has 9 nitrogen and oxygen atoms in total. The van der Waals surface area contributed by atoms with Gasteiger partial charge in [0.05, 0.1) is 28.4 Å². The van der Waals surface area contributed by atoms with Crippen molar-refractivity contribution in [2.45, 2.75) is 12.8 Å². The molecule has 1 aliphatic heterocycles. The lowest BCUT2D eigenvalue weighted by atomic mass is 9.96. The number of likely N-dealkylation sites (tertiary alicyclic amines) is 1. The second kappa shape index (κ2) is 11.1. The number of nitrogens with zero attached hydrogens (tertiary/aromatic N) is 3. The summed E-state index contributed by atoms with van der Waals surface area (Å²) in [4.78, 5) is 42.4. The van der Waals surface area contributed by atoms with Crippen molar-refractivity contribution >= 4 is 35.1 Å². The standard InChI is InChI=1S/C25H22ClF3N4O5/c1-32-18(16-4-5-19(38-12-27)21(29)20(16)28)11-30-22(32)23(34)31-14-2-3-15(17(26)10-14)24(35)33-8-6-13(7-9-33)25(36)37/h2-5,10-11,13H,6-9,12H2,1H3,(H,31,34)(H,36,37). The Labute approximate surface area is 219 Å². The highest BCUT2D eigenvalue weighted by Crippen LogP contribution is 2.31. The van der Waals surface area contributed by atoms with Gasteiger partial charge in [0.25, 0.3) is 11.8 Å². The summed E-state index contributed by atoms with van der Waals surface area (Å²) < 4.78 is 46.7. The number of imidazole rings is 1. The zero-order chi connectivity index (χ0) is 27.6. The zero-order valence-electron chi connectivity index (χ0n) is 20.0. The number of hydrogen-bond donors (Lipinski definition) is 2. The Balaban J connectivity index is 1.48. The van der Waals surface area contributed by atoms with Crippen LogP contribution in [0.5, 0.6) is 5.75 Å². The molecule has 0 aliphatic carbocycles. The van der Waals surface area contributed by atoms with Gasteiger partial charge in [0.15, 0.2) is 17.4 Å². The van der Waals surface area contributed by atoms with Gasteiger partial charge < -0.3 is 24.6 Å². The highest BCUT2D eigenvalue weighted by Gasteiger charge is 2.28. The molecule has 13 heteroatoms. The first-order valence-corrected chi connectivity index (χ1v) is 11.8. The lowest BCUT2D eigenvalue weighted by molar-refractivity contribution is -0.143. The van der Waals surface area contributed by atoms with Gasteiger partial charge in [0.2, 0.25) is 12.7 Å². The molecule has 38 heavy (non-hydrogen) atoms. The summed E-state index contributed by atoms with van der Waals surface area (Å²) in [6, 6.07) is 6.57. The molecule has 0 atom stereocenters. The minimum Gasteiger partial charge on any atom is -0.481 e. The fraction of sp³-hybridized carbons (Fsp3) is 0.280. The van der Waals surface area contributed by atoms with E-state index < -0.39 is 42.0 Å². The van der Waals surface area contributed by atoms with Crippen LogP contribution in [-0.2, 0) is 11.8 Å². The number of halogens is 4. The minimum absolute atomic E-state index is 0.0850. The molecule has 1 aliphatic rings. The van der Waals surface area contributed by atoms with E-state index in [0.29, 0.717) is 25.9 Å². The maximum Gasteiger partial charge on any atom is 0.306 e. The van der Waals surface area contributed by atoms with Crippen LogP contribution in [0.2, 0.25) is 5.02 Å². The molecule has 1 saturated heterocycles. The third-order valence-corrected chi connectivity index (χ3v) is 6.63. The van der Waals surface area contributed by atoms with E-state index in [-0.39, 0.29) is 39.3 Å². The second-order valence-electron chi connectivity index (χ2n) is 8.57. The van der Waals surface area contributed by atoms with E-state index >= 15 is 0 Å².